The molecule has 2 aliphatic carbocycles. The fourth-order valence-corrected chi connectivity index (χ4v) is 4.58. The van der Waals surface area contributed by atoms with E-state index in [1.807, 2.05) is 52.0 Å². The van der Waals surface area contributed by atoms with Gasteiger partial charge >= 0.3 is 0 Å². The number of hydrogen-bond acceptors (Lipinski definition) is 4. The van der Waals surface area contributed by atoms with E-state index in [-0.39, 0.29) is 12.3 Å². The number of aliphatic hydroxyl groups excluding tert-OH is 1. The lowest BCUT2D eigenvalue weighted by Gasteiger charge is -2.18. The van der Waals surface area contributed by atoms with Crippen molar-refractivity contribution in [3.8, 4) is 5.75 Å². The van der Waals surface area contributed by atoms with E-state index < -0.39 is 0 Å². The maximum Gasteiger partial charge on any atom is 0.151 e. The molecule has 1 aromatic carbocycles. The van der Waals surface area contributed by atoms with Crippen LogP contribution in [0.4, 0.5) is 0 Å². The summed E-state index contributed by atoms with van der Waals surface area (Å²) in [4.78, 5) is 3.55. The fourth-order valence-electron chi connectivity index (χ4n) is 4.58. The zero-order valence-corrected chi connectivity index (χ0v) is 28.1. The van der Waals surface area contributed by atoms with Crippen molar-refractivity contribution in [2.75, 3.05) is 6.61 Å². The van der Waals surface area contributed by atoms with Gasteiger partial charge in [-0.15, -0.1) is 0 Å². The molecule has 0 saturated carbocycles. The van der Waals surface area contributed by atoms with Crippen LogP contribution < -0.4 is 10.5 Å². The van der Waals surface area contributed by atoms with Crippen LogP contribution in [0.2, 0.25) is 0 Å². The van der Waals surface area contributed by atoms with E-state index >= 15 is 0 Å². The molecule has 5 heteroatoms. The number of rotatable bonds is 9. The minimum absolute atomic E-state index is 0.269. The SMILES string of the molecule is C/C=C/CC(N)Oc1ccc(CC(C)(C)C)cc1.CC.CCC.CC[C@H](O)COC1=CCCc2[nH]c3c(c21)C=CCC3. The van der Waals surface area contributed by atoms with Gasteiger partial charge in [0, 0.05) is 28.9 Å². The van der Waals surface area contributed by atoms with Gasteiger partial charge in [0.25, 0.3) is 0 Å². The number of benzene rings is 1. The van der Waals surface area contributed by atoms with E-state index in [2.05, 4.69) is 70.0 Å². The van der Waals surface area contributed by atoms with Gasteiger partial charge in [-0.25, -0.2) is 0 Å². The van der Waals surface area contributed by atoms with Gasteiger partial charge in [-0.05, 0) is 74.6 Å². The molecule has 0 radical (unpaired) electrons. The molecule has 42 heavy (non-hydrogen) atoms. The topological polar surface area (TPSA) is 80.5 Å². The maximum absolute atomic E-state index is 9.65. The van der Waals surface area contributed by atoms with Crippen molar-refractivity contribution in [3.05, 3.63) is 76.6 Å². The zero-order chi connectivity index (χ0) is 31.5. The Hall–Kier alpha value is -2.76. The van der Waals surface area contributed by atoms with Crippen LogP contribution in [0.15, 0.2) is 48.6 Å². The molecule has 1 aromatic heterocycles. The molecule has 1 heterocycles. The Balaban J connectivity index is 0.000000365. The van der Waals surface area contributed by atoms with Crippen LogP contribution >= 0.6 is 0 Å². The number of ether oxygens (including phenoxy) is 2. The second kappa shape index (κ2) is 20.2. The van der Waals surface area contributed by atoms with E-state index in [0.29, 0.717) is 12.0 Å². The highest BCUT2D eigenvalue weighted by atomic mass is 16.5. The summed E-state index contributed by atoms with van der Waals surface area (Å²) in [5, 5.41) is 9.65. The van der Waals surface area contributed by atoms with E-state index in [4.69, 9.17) is 15.2 Å². The second-order valence-corrected chi connectivity index (χ2v) is 11.8. The molecule has 2 aromatic rings. The highest BCUT2D eigenvalue weighted by Crippen LogP contribution is 2.35. The monoisotopic (exact) mass is 580 g/mol. The Morgan fingerprint density at radius 2 is 1.67 bits per heavy atom. The molecular weight excluding hydrogens is 520 g/mol. The summed E-state index contributed by atoms with van der Waals surface area (Å²) in [6.07, 6.45) is 18.0. The molecule has 0 bridgehead atoms. The lowest BCUT2D eigenvalue weighted by Crippen LogP contribution is -2.26. The molecule has 0 aliphatic heterocycles. The third kappa shape index (κ3) is 13.5. The zero-order valence-electron chi connectivity index (χ0n) is 28.1. The van der Waals surface area contributed by atoms with Crippen LogP contribution in [0, 0.1) is 5.41 Å². The van der Waals surface area contributed by atoms with Gasteiger partial charge in [-0.2, -0.15) is 0 Å². The van der Waals surface area contributed by atoms with Gasteiger partial charge in [0.05, 0.1) is 6.10 Å². The molecule has 0 amide bonds. The minimum atomic E-state index is -0.378. The van der Waals surface area contributed by atoms with Crippen LogP contribution in [0.5, 0.6) is 5.75 Å². The predicted octanol–water partition coefficient (Wildman–Crippen LogP) is 9.40. The molecule has 4 N–H and O–H groups in total. The number of aryl methyl sites for hydroxylation is 2. The first kappa shape index (κ1) is 37.3. The maximum atomic E-state index is 9.65. The first-order valence-electron chi connectivity index (χ1n) is 16.2. The van der Waals surface area contributed by atoms with Gasteiger partial charge in [0.1, 0.15) is 18.1 Å². The molecule has 0 fully saturated rings. The summed E-state index contributed by atoms with van der Waals surface area (Å²) in [7, 11) is 0. The number of nitrogens with one attached hydrogen (secondary N) is 1. The van der Waals surface area contributed by atoms with Crippen molar-refractivity contribution in [2.24, 2.45) is 11.1 Å². The second-order valence-electron chi connectivity index (χ2n) is 11.8. The number of aliphatic hydroxyl groups is 1. The van der Waals surface area contributed by atoms with Crippen LogP contribution in [-0.4, -0.2) is 29.0 Å². The molecule has 4 rings (SSSR count). The smallest absolute Gasteiger partial charge is 0.151 e. The third-order valence-electron chi connectivity index (χ3n) is 6.47. The number of fused-ring (bicyclic) bond motifs is 3. The van der Waals surface area contributed by atoms with Gasteiger partial charge < -0.3 is 19.6 Å². The summed E-state index contributed by atoms with van der Waals surface area (Å²) < 4.78 is 11.5. The summed E-state index contributed by atoms with van der Waals surface area (Å²) in [5.41, 5.74) is 12.6. The van der Waals surface area contributed by atoms with Crippen molar-refractivity contribution < 1.29 is 14.6 Å². The standard InChI is InChI=1S/C16H21NO2.C16H25NO.C3H8.C2H6/c1-2-11(18)10-19-15-9-5-8-14-16(15)12-6-3-4-7-13(12)17-14;1-5-6-7-15(17)18-14-10-8-13(9-11-14)12-16(2,3)4;1-3-2;1-2/h3,6,9,11,17-18H,2,4-5,7-8,10H2,1H3;5-6,8-11,15H,7,12,17H2,1-4H3;3H2,1-2H3;1-2H3/b;6-5+;;/t11-;;;/m0.../s1. The Bertz CT molecular complexity index is 1090. The summed E-state index contributed by atoms with van der Waals surface area (Å²) in [5.74, 6) is 1.78. The van der Waals surface area contributed by atoms with Crippen molar-refractivity contribution in [3.63, 3.8) is 0 Å². The predicted molar refractivity (Wildman–Crippen MR) is 182 cm³/mol. The first-order valence-corrected chi connectivity index (χ1v) is 16.2. The van der Waals surface area contributed by atoms with Crippen LogP contribution in [0.3, 0.4) is 0 Å². The van der Waals surface area contributed by atoms with Crippen LogP contribution in [-0.2, 0) is 24.0 Å². The van der Waals surface area contributed by atoms with Gasteiger partial charge in [0.2, 0.25) is 0 Å². The lowest BCUT2D eigenvalue weighted by molar-refractivity contribution is 0.0902. The van der Waals surface area contributed by atoms with Crippen molar-refractivity contribution >= 4 is 11.8 Å². The largest absolute Gasteiger partial charge is 0.491 e. The quantitative estimate of drug-likeness (QED) is 0.204. The molecular formula is C37H60N2O3. The van der Waals surface area contributed by atoms with Gasteiger partial charge in [-0.3, -0.25) is 5.73 Å². The highest BCUT2D eigenvalue weighted by molar-refractivity contribution is 5.76. The van der Waals surface area contributed by atoms with E-state index in [1.54, 1.807) is 0 Å². The average Bonchev–Trinajstić information content (AvgIpc) is 3.36. The average molecular weight is 581 g/mol. The Labute approximate surface area is 257 Å². The number of aromatic amines is 1. The molecule has 0 saturated heterocycles. The Morgan fingerprint density at radius 1 is 1.02 bits per heavy atom. The molecule has 2 atom stereocenters. The molecule has 236 valence electrons. The number of aromatic nitrogens is 1. The summed E-state index contributed by atoms with van der Waals surface area (Å²) in [6.45, 7) is 19.3. The summed E-state index contributed by atoms with van der Waals surface area (Å²) >= 11 is 0. The summed E-state index contributed by atoms with van der Waals surface area (Å²) in [6, 6.07) is 8.22. The van der Waals surface area contributed by atoms with Gasteiger partial charge in [0.15, 0.2) is 6.23 Å². The van der Waals surface area contributed by atoms with Crippen molar-refractivity contribution in [2.45, 2.75) is 126 Å². The number of H-pyrrole nitrogens is 1. The minimum Gasteiger partial charge on any atom is -0.491 e. The van der Waals surface area contributed by atoms with E-state index in [9.17, 15) is 5.11 Å². The van der Waals surface area contributed by atoms with E-state index in [1.165, 1.54) is 34.5 Å². The molecule has 5 nitrogen and oxygen atoms in total. The van der Waals surface area contributed by atoms with Crippen LogP contribution in [0.25, 0.3) is 11.8 Å². The van der Waals surface area contributed by atoms with E-state index in [0.717, 1.165) is 56.5 Å². The highest BCUT2D eigenvalue weighted by Gasteiger charge is 2.23. The Morgan fingerprint density at radius 3 is 2.26 bits per heavy atom. The normalized spacial score (nSPS) is 14.9. The third-order valence-corrected chi connectivity index (χ3v) is 6.47. The van der Waals surface area contributed by atoms with Crippen molar-refractivity contribution in [1.82, 2.24) is 4.98 Å². The lowest BCUT2D eigenvalue weighted by atomic mass is 9.88. The van der Waals surface area contributed by atoms with Gasteiger partial charge in [-0.1, -0.05) is 98.2 Å². The van der Waals surface area contributed by atoms with Crippen LogP contribution in [0.1, 0.15) is 122 Å². The number of allylic oxidation sites excluding steroid dienone is 3. The number of hydrogen-bond donors (Lipinski definition) is 3. The molecule has 1 unspecified atom stereocenters. The molecule has 0 spiro atoms. The number of nitrogens with two attached hydrogens (primary N) is 1. The van der Waals surface area contributed by atoms with Crippen molar-refractivity contribution in [1.29, 1.82) is 0 Å². The first-order chi connectivity index (χ1) is 20.1. The fraction of sp³-hybridized carbons (Fsp3) is 0.568. The Kier molecular flexibility index (Phi) is 17.9. The molecule has 2 aliphatic rings.